The second-order valence-corrected chi connectivity index (χ2v) is 3.24. The van der Waals surface area contributed by atoms with Crippen molar-refractivity contribution in [1.29, 1.82) is 0 Å². The van der Waals surface area contributed by atoms with E-state index >= 15 is 0 Å². The molecule has 0 aliphatic carbocycles. The van der Waals surface area contributed by atoms with Gasteiger partial charge in [0.05, 0.1) is 6.26 Å². The predicted octanol–water partition coefficient (Wildman–Crippen LogP) is 2.80. The zero-order valence-corrected chi connectivity index (χ0v) is 9.05. The van der Waals surface area contributed by atoms with Crippen molar-refractivity contribution in [1.82, 2.24) is 0 Å². The first-order valence-corrected chi connectivity index (χ1v) is 5.01. The van der Waals surface area contributed by atoms with Crippen molar-refractivity contribution in [2.45, 2.75) is 6.61 Å². The molecule has 2 aromatic rings. The van der Waals surface area contributed by atoms with Gasteiger partial charge in [-0.2, -0.15) is 0 Å². The van der Waals surface area contributed by atoms with E-state index in [9.17, 15) is 0 Å². The molecule has 0 spiro atoms. The van der Waals surface area contributed by atoms with Gasteiger partial charge in [0, 0.05) is 5.56 Å². The summed E-state index contributed by atoms with van der Waals surface area (Å²) >= 11 is 0. The van der Waals surface area contributed by atoms with Crippen molar-refractivity contribution >= 4 is 5.97 Å². The van der Waals surface area contributed by atoms with Crippen molar-refractivity contribution in [2.75, 3.05) is 7.11 Å². The maximum absolute atomic E-state index is 5.52. The van der Waals surface area contributed by atoms with Crippen LogP contribution in [0.3, 0.4) is 0 Å². The fraction of sp³-hybridized carbons (Fsp3) is 0.154. The molecule has 0 atom stereocenters. The number of benzene rings is 1. The van der Waals surface area contributed by atoms with Crippen molar-refractivity contribution in [2.24, 2.45) is 0 Å². The van der Waals surface area contributed by atoms with Crippen LogP contribution in [0.25, 0.3) is 0 Å². The van der Waals surface area contributed by atoms with Gasteiger partial charge >= 0.3 is 5.97 Å². The fourth-order valence-electron chi connectivity index (χ4n) is 1.35. The second kappa shape index (κ2) is 5.16. The van der Waals surface area contributed by atoms with Crippen molar-refractivity contribution in [3.8, 4) is 0 Å². The van der Waals surface area contributed by atoms with Crippen LogP contribution in [0.5, 0.6) is 0 Å². The van der Waals surface area contributed by atoms with Gasteiger partial charge in [-0.1, -0.05) is 30.3 Å². The molecule has 0 bridgehead atoms. The third-order valence-corrected chi connectivity index (χ3v) is 2.12. The average Bonchev–Trinajstić information content (AvgIpc) is 2.85. The molecule has 1 aromatic carbocycles. The summed E-state index contributed by atoms with van der Waals surface area (Å²) in [5.41, 5.74) is 1.09. The van der Waals surface area contributed by atoms with E-state index in [1.165, 1.54) is 0 Å². The molecule has 0 aliphatic rings. The molecule has 1 heterocycles. The molecule has 0 saturated carbocycles. The van der Waals surface area contributed by atoms with Crippen LogP contribution in [0.15, 0.2) is 53.1 Å². The summed E-state index contributed by atoms with van der Waals surface area (Å²) < 4.78 is 15.8. The summed E-state index contributed by atoms with van der Waals surface area (Å²) in [6, 6.07) is 13.5. The molecule has 0 N–H and O–H groups in total. The number of esters is 1. The van der Waals surface area contributed by atoms with E-state index in [-0.39, 0.29) is 0 Å². The van der Waals surface area contributed by atoms with E-state index in [1.807, 2.05) is 30.3 Å². The van der Waals surface area contributed by atoms with Crippen LogP contribution in [0, 0.1) is 0 Å². The van der Waals surface area contributed by atoms with Crippen LogP contribution in [0.1, 0.15) is 15.7 Å². The van der Waals surface area contributed by atoms with E-state index in [0.717, 1.165) is 5.56 Å². The molecule has 0 fully saturated rings. The average molecular weight is 217 g/mol. The molecule has 0 saturated heterocycles. The first-order valence-electron chi connectivity index (χ1n) is 5.01. The number of rotatable bonds is 3. The normalized spacial score (nSPS) is 11.4. The first kappa shape index (κ1) is 10.5. The molecule has 82 valence electrons. The molecule has 3 nitrogen and oxygen atoms in total. The first-order chi connectivity index (χ1) is 7.90. The summed E-state index contributed by atoms with van der Waals surface area (Å²) in [4.78, 5) is 0. The number of hydrogen-bond acceptors (Lipinski definition) is 2. The van der Waals surface area contributed by atoms with Gasteiger partial charge in [0.15, 0.2) is 7.11 Å². The number of furan rings is 1. The zero-order valence-electron chi connectivity index (χ0n) is 9.05. The molecular weight excluding hydrogens is 204 g/mol. The monoisotopic (exact) mass is 217 g/mol. The molecule has 16 heavy (non-hydrogen) atoms. The van der Waals surface area contributed by atoms with Gasteiger partial charge in [-0.3, -0.25) is 0 Å². The van der Waals surface area contributed by atoms with E-state index in [4.69, 9.17) is 13.6 Å². The Morgan fingerprint density at radius 1 is 1.19 bits per heavy atom. The molecule has 1 aromatic heterocycles. The molecular formula is C13H13O3+. The topological polar surface area (TPSA) is 33.7 Å². The van der Waals surface area contributed by atoms with Gasteiger partial charge in [-0.05, 0) is 12.1 Å². The second-order valence-electron chi connectivity index (χ2n) is 3.24. The lowest BCUT2D eigenvalue weighted by molar-refractivity contribution is -0.243. The van der Waals surface area contributed by atoms with Crippen molar-refractivity contribution in [3.05, 3.63) is 60.1 Å². The predicted molar refractivity (Wildman–Crippen MR) is 60.2 cm³/mol. The summed E-state index contributed by atoms with van der Waals surface area (Å²) in [7, 11) is 1.56. The molecule has 3 heteroatoms. The largest absolute Gasteiger partial charge is 0.556 e. The Balaban J connectivity index is 2.00. The van der Waals surface area contributed by atoms with Crippen LogP contribution in [-0.4, -0.2) is 13.1 Å². The maximum Gasteiger partial charge on any atom is 0.556 e. The lowest BCUT2D eigenvalue weighted by Gasteiger charge is -1.95. The fourth-order valence-corrected chi connectivity index (χ4v) is 1.35. The Hall–Kier alpha value is -2.03. The molecule has 0 amide bonds. The zero-order chi connectivity index (χ0) is 11.2. The van der Waals surface area contributed by atoms with Gasteiger partial charge in [0.2, 0.25) is 6.61 Å². The lowest BCUT2D eigenvalue weighted by atomic mass is 10.2. The van der Waals surface area contributed by atoms with Crippen LogP contribution in [0.4, 0.5) is 0 Å². The maximum atomic E-state index is 5.52. The van der Waals surface area contributed by atoms with Crippen LogP contribution < -0.4 is 0 Å². The molecule has 0 unspecified atom stereocenters. The molecule has 2 rings (SSSR count). The van der Waals surface area contributed by atoms with Gasteiger partial charge < -0.3 is 13.6 Å². The van der Waals surface area contributed by atoms with E-state index in [2.05, 4.69) is 0 Å². The highest BCUT2D eigenvalue weighted by atomic mass is 16.6. The minimum absolute atomic E-state index is 0.397. The lowest BCUT2D eigenvalue weighted by Crippen LogP contribution is -2.06. The smallest absolute Gasteiger partial charge is 0.453 e. The molecule has 0 aliphatic heterocycles. The third kappa shape index (κ3) is 2.51. The Morgan fingerprint density at radius 3 is 2.62 bits per heavy atom. The summed E-state index contributed by atoms with van der Waals surface area (Å²) in [6.45, 7) is 0.463. The van der Waals surface area contributed by atoms with E-state index in [0.29, 0.717) is 18.3 Å². The summed E-state index contributed by atoms with van der Waals surface area (Å²) in [5.74, 6) is 0.993. The van der Waals surface area contributed by atoms with Gasteiger partial charge in [-0.25, -0.2) is 0 Å². The highest BCUT2D eigenvalue weighted by Gasteiger charge is 2.20. The van der Waals surface area contributed by atoms with Gasteiger partial charge in [-0.15, -0.1) is 0 Å². The summed E-state index contributed by atoms with van der Waals surface area (Å²) in [6.07, 6.45) is 1.58. The minimum atomic E-state index is 0.397. The van der Waals surface area contributed by atoms with Gasteiger partial charge in [0.25, 0.3) is 5.76 Å². The van der Waals surface area contributed by atoms with E-state index in [1.54, 1.807) is 25.5 Å². The van der Waals surface area contributed by atoms with E-state index < -0.39 is 0 Å². The Kier molecular flexibility index (Phi) is 3.38. The highest BCUT2D eigenvalue weighted by Crippen LogP contribution is 2.07. The standard InChI is InChI=1S/C13H13O3/c1-14-13(12-8-5-9-15-12)16-10-11-6-3-2-4-7-11/h2-9H,10H2,1H3/q+1. The summed E-state index contributed by atoms with van der Waals surface area (Å²) in [5, 5.41) is 0. The SMILES string of the molecule is C[O+]=C(OCc1ccccc1)c1ccco1. The van der Waals surface area contributed by atoms with Crippen LogP contribution in [0.2, 0.25) is 0 Å². The van der Waals surface area contributed by atoms with Crippen LogP contribution >= 0.6 is 0 Å². The van der Waals surface area contributed by atoms with Crippen LogP contribution in [-0.2, 0) is 11.3 Å². The van der Waals surface area contributed by atoms with Gasteiger partial charge in [0.1, 0.15) is 0 Å². The highest BCUT2D eigenvalue weighted by molar-refractivity contribution is 5.86. The quantitative estimate of drug-likeness (QED) is 0.585. The third-order valence-electron chi connectivity index (χ3n) is 2.12. The Morgan fingerprint density at radius 2 is 2.00 bits per heavy atom. The minimum Gasteiger partial charge on any atom is -0.453 e. The number of ether oxygens (including phenoxy) is 1. The number of hydrogen-bond donors (Lipinski definition) is 0. The Labute approximate surface area is 94.0 Å². The van der Waals surface area contributed by atoms with Crippen molar-refractivity contribution < 1.29 is 13.6 Å². The Bertz CT molecular complexity index is 443. The number of carbonyl (C=O) groups excluding carboxylic acids is 1. The molecule has 0 radical (unpaired) electrons. The van der Waals surface area contributed by atoms with Crippen molar-refractivity contribution in [3.63, 3.8) is 0 Å².